The maximum atomic E-state index is 12.4. The maximum absolute atomic E-state index is 12.4. The molecule has 2 rings (SSSR count). The van der Waals surface area contributed by atoms with Crippen LogP contribution in [0.25, 0.3) is 0 Å². The van der Waals surface area contributed by atoms with Crippen molar-refractivity contribution in [2.75, 3.05) is 19.4 Å². The van der Waals surface area contributed by atoms with Gasteiger partial charge >= 0.3 is 5.97 Å². The second-order valence-electron chi connectivity index (χ2n) is 6.34. The Morgan fingerprint density at radius 1 is 1.14 bits per heavy atom. The molecule has 1 unspecified atom stereocenters. The second kappa shape index (κ2) is 8.85. The number of anilines is 1. The zero-order valence-electron chi connectivity index (χ0n) is 15.9. The Hall–Kier alpha value is -2.23. The van der Waals surface area contributed by atoms with Crippen molar-refractivity contribution in [2.24, 2.45) is 0 Å². The summed E-state index contributed by atoms with van der Waals surface area (Å²) in [6, 6.07) is 11.3. The van der Waals surface area contributed by atoms with Crippen LogP contribution in [0.15, 0.2) is 51.8 Å². The Labute approximate surface area is 172 Å². The van der Waals surface area contributed by atoms with Gasteiger partial charge < -0.3 is 10.1 Å². The van der Waals surface area contributed by atoms with Gasteiger partial charge in [-0.15, -0.1) is 0 Å². The van der Waals surface area contributed by atoms with Crippen LogP contribution in [-0.2, 0) is 19.6 Å². The van der Waals surface area contributed by atoms with E-state index < -0.39 is 28.0 Å². The molecule has 7 nitrogen and oxygen atoms in total. The average molecular weight is 469 g/mol. The fourth-order valence-corrected chi connectivity index (χ4v) is 4.12. The van der Waals surface area contributed by atoms with Crippen molar-refractivity contribution in [3.05, 3.63) is 58.1 Å². The molecule has 0 aliphatic carbocycles. The van der Waals surface area contributed by atoms with Crippen molar-refractivity contribution in [3.8, 4) is 0 Å². The summed E-state index contributed by atoms with van der Waals surface area (Å²) >= 11 is 3.18. The first-order valence-corrected chi connectivity index (χ1v) is 10.6. The Morgan fingerprint density at radius 3 is 2.43 bits per heavy atom. The second-order valence-corrected chi connectivity index (χ2v) is 9.31. The van der Waals surface area contributed by atoms with E-state index in [4.69, 9.17) is 4.74 Å². The van der Waals surface area contributed by atoms with E-state index in [1.54, 1.807) is 18.2 Å². The number of esters is 1. The number of nitrogens with one attached hydrogen (secondary N) is 1. The van der Waals surface area contributed by atoms with Crippen molar-refractivity contribution in [3.63, 3.8) is 0 Å². The molecule has 0 bridgehead atoms. The lowest BCUT2D eigenvalue weighted by molar-refractivity contribution is -0.123. The highest BCUT2D eigenvalue weighted by Gasteiger charge is 2.24. The van der Waals surface area contributed by atoms with Crippen molar-refractivity contribution < 1.29 is 22.7 Å². The van der Waals surface area contributed by atoms with E-state index >= 15 is 0 Å². The topological polar surface area (TPSA) is 92.8 Å². The van der Waals surface area contributed by atoms with Crippen LogP contribution in [0.5, 0.6) is 0 Å². The quantitative estimate of drug-likeness (QED) is 0.657. The van der Waals surface area contributed by atoms with Crippen molar-refractivity contribution in [1.29, 1.82) is 0 Å². The number of carbonyl (C=O) groups excluding carboxylic acids is 2. The molecule has 1 amide bonds. The summed E-state index contributed by atoms with van der Waals surface area (Å²) in [5, 5.41) is 2.67. The minimum Gasteiger partial charge on any atom is -0.449 e. The summed E-state index contributed by atoms with van der Waals surface area (Å²) in [6.07, 6.45) is -1.06. The summed E-state index contributed by atoms with van der Waals surface area (Å²) in [5.41, 5.74) is 1.60. The Bertz CT molecular complexity index is 1010. The molecule has 1 atom stereocenters. The summed E-state index contributed by atoms with van der Waals surface area (Å²) in [5.74, 6) is -1.29. The molecule has 0 spiro atoms. The van der Waals surface area contributed by atoms with Crippen molar-refractivity contribution in [1.82, 2.24) is 4.31 Å². The molecule has 0 aliphatic heterocycles. The molecule has 0 saturated carbocycles. The van der Waals surface area contributed by atoms with Gasteiger partial charge in [0.15, 0.2) is 6.10 Å². The Kier molecular flexibility index (Phi) is 6.97. The van der Waals surface area contributed by atoms with Crippen molar-refractivity contribution in [2.45, 2.75) is 24.8 Å². The van der Waals surface area contributed by atoms with Gasteiger partial charge in [-0.2, -0.15) is 0 Å². The third-order valence-electron chi connectivity index (χ3n) is 3.86. The summed E-state index contributed by atoms with van der Waals surface area (Å²) in [6.45, 7) is 3.34. The van der Waals surface area contributed by atoms with E-state index in [2.05, 4.69) is 21.2 Å². The molecule has 0 saturated heterocycles. The number of hydrogen-bond donors (Lipinski definition) is 1. The monoisotopic (exact) mass is 468 g/mol. The molecule has 0 fully saturated rings. The molecule has 9 heteroatoms. The highest BCUT2D eigenvalue weighted by Crippen LogP contribution is 2.25. The van der Waals surface area contributed by atoms with Crippen LogP contribution in [0.4, 0.5) is 5.69 Å². The van der Waals surface area contributed by atoms with Crippen LogP contribution in [0.2, 0.25) is 0 Å². The predicted molar refractivity (Wildman–Crippen MR) is 110 cm³/mol. The van der Waals surface area contributed by atoms with Crippen LogP contribution < -0.4 is 5.32 Å². The Balaban J connectivity index is 2.15. The van der Waals surface area contributed by atoms with E-state index in [1.807, 2.05) is 13.0 Å². The first kappa shape index (κ1) is 22.1. The number of halogens is 1. The molecule has 0 heterocycles. The number of carbonyl (C=O) groups is 2. The highest BCUT2D eigenvalue weighted by molar-refractivity contribution is 9.10. The van der Waals surface area contributed by atoms with E-state index in [0.29, 0.717) is 10.2 Å². The summed E-state index contributed by atoms with van der Waals surface area (Å²) < 4.78 is 31.3. The minimum atomic E-state index is -3.75. The van der Waals surface area contributed by atoms with E-state index in [1.165, 1.54) is 39.2 Å². The molecule has 0 aliphatic rings. The molecule has 150 valence electrons. The molecule has 28 heavy (non-hydrogen) atoms. The fourth-order valence-electron chi connectivity index (χ4n) is 2.27. The highest BCUT2D eigenvalue weighted by atomic mass is 79.9. The van der Waals surface area contributed by atoms with Gasteiger partial charge in [-0.1, -0.05) is 12.1 Å². The lowest BCUT2D eigenvalue weighted by atomic mass is 10.2. The number of rotatable bonds is 6. The standard InChI is InChI=1S/C19H21BrN2O5S/c1-12-6-5-7-15(10-12)21-18(23)13(2)27-19(24)14-8-9-16(20)17(11-14)28(25,26)22(3)4/h5-11,13H,1-4H3,(H,21,23). The fraction of sp³-hybridized carbons (Fsp3) is 0.263. The first-order valence-electron chi connectivity index (χ1n) is 8.33. The van der Waals surface area contributed by atoms with Gasteiger partial charge in [-0.25, -0.2) is 17.5 Å². The SMILES string of the molecule is Cc1cccc(NC(=O)C(C)OC(=O)c2ccc(Br)c(S(=O)(=O)N(C)C)c2)c1. The number of ether oxygens (including phenoxy) is 1. The first-order chi connectivity index (χ1) is 13.0. The zero-order valence-corrected chi connectivity index (χ0v) is 18.3. The lowest BCUT2D eigenvalue weighted by Crippen LogP contribution is -2.30. The number of sulfonamides is 1. The van der Waals surface area contributed by atoms with Crippen LogP contribution >= 0.6 is 15.9 Å². The Morgan fingerprint density at radius 2 is 1.82 bits per heavy atom. The van der Waals surface area contributed by atoms with Gasteiger partial charge in [0.25, 0.3) is 5.91 Å². The van der Waals surface area contributed by atoms with Crippen LogP contribution in [-0.4, -0.2) is 44.8 Å². The van der Waals surface area contributed by atoms with Gasteiger partial charge in [0.05, 0.1) is 10.5 Å². The van der Waals surface area contributed by atoms with E-state index in [-0.39, 0.29) is 10.5 Å². The smallest absolute Gasteiger partial charge is 0.338 e. The number of hydrogen-bond acceptors (Lipinski definition) is 5. The van der Waals surface area contributed by atoms with Crippen LogP contribution in [0, 0.1) is 6.92 Å². The molecular formula is C19H21BrN2O5S. The summed E-state index contributed by atoms with van der Waals surface area (Å²) in [4.78, 5) is 24.6. The number of aryl methyl sites for hydroxylation is 1. The summed E-state index contributed by atoms with van der Waals surface area (Å²) in [7, 11) is -0.967. The predicted octanol–water partition coefficient (Wildman–Crippen LogP) is 3.19. The average Bonchev–Trinajstić information content (AvgIpc) is 2.61. The van der Waals surface area contributed by atoms with Gasteiger partial charge in [-0.3, -0.25) is 4.79 Å². The third-order valence-corrected chi connectivity index (χ3v) is 6.67. The van der Waals surface area contributed by atoms with Crippen LogP contribution in [0.1, 0.15) is 22.8 Å². The molecule has 0 aromatic heterocycles. The molecule has 2 aromatic rings. The minimum absolute atomic E-state index is 0.0267. The van der Waals surface area contributed by atoms with Crippen molar-refractivity contribution >= 4 is 43.5 Å². The number of nitrogens with zero attached hydrogens (tertiary/aromatic N) is 1. The molecule has 1 N–H and O–H groups in total. The number of amides is 1. The normalized spacial score (nSPS) is 12.5. The van der Waals surface area contributed by atoms with Crippen LogP contribution in [0.3, 0.4) is 0 Å². The van der Waals surface area contributed by atoms with Gasteiger partial charge in [0.1, 0.15) is 0 Å². The van der Waals surface area contributed by atoms with E-state index in [9.17, 15) is 18.0 Å². The molecule has 0 radical (unpaired) electrons. The largest absolute Gasteiger partial charge is 0.449 e. The maximum Gasteiger partial charge on any atom is 0.338 e. The van der Waals surface area contributed by atoms with Gasteiger partial charge in [0.2, 0.25) is 10.0 Å². The lowest BCUT2D eigenvalue weighted by Gasteiger charge is -2.16. The van der Waals surface area contributed by atoms with Gasteiger partial charge in [0, 0.05) is 24.3 Å². The molecular weight excluding hydrogens is 448 g/mol. The molecule has 2 aromatic carbocycles. The zero-order chi connectivity index (χ0) is 21.1. The van der Waals surface area contributed by atoms with Gasteiger partial charge in [-0.05, 0) is 65.7 Å². The number of benzene rings is 2. The third kappa shape index (κ3) is 5.18. The van der Waals surface area contributed by atoms with E-state index in [0.717, 1.165) is 9.87 Å².